The van der Waals surface area contributed by atoms with Gasteiger partial charge in [-0.2, -0.15) is 0 Å². The minimum atomic E-state index is 0.243. The average Bonchev–Trinajstić information content (AvgIpc) is 2.35. The molecule has 1 aromatic rings. The topological polar surface area (TPSA) is 21.7 Å². The highest BCUT2D eigenvalue weighted by atomic mass is 16.5. The summed E-state index contributed by atoms with van der Waals surface area (Å²) in [6.07, 6.45) is 0.243. The highest BCUT2D eigenvalue weighted by Crippen LogP contribution is 2.17. The van der Waals surface area contributed by atoms with Gasteiger partial charge in [-0.15, -0.1) is 0 Å². The maximum atomic E-state index is 5.69. The first-order valence-electron chi connectivity index (χ1n) is 6.20. The first kappa shape index (κ1) is 12.6. The molecule has 3 nitrogen and oxygen atoms in total. The number of hydrogen-bond donors (Lipinski definition) is 0. The molecular formula is C14H21NO2. The summed E-state index contributed by atoms with van der Waals surface area (Å²) in [5.41, 5.74) is 1.35. The Morgan fingerprint density at radius 3 is 2.82 bits per heavy atom. The lowest BCUT2D eigenvalue weighted by Gasteiger charge is -2.39. The largest absolute Gasteiger partial charge is 0.383 e. The molecule has 0 aromatic heterocycles. The van der Waals surface area contributed by atoms with Crippen LogP contribution in [0.25, 0.3) is 0 Å². The number of benzene rings is 1. The summed E-state index contributed by atoms with van der Waals surface area (Å²) in [5, 5.41) is 0. The summed E-state index contributed by atoms with van der Waals surface area (Å²) in [5.74, 6) is 0. The lowest BCUT2D eigenvalue weighted by Crippen LogP contribution is -2.51. The van der Waals surface area contributed by atoms with Crippen LogP contribution in [-0.4, -0.2) is 43.9 Å². The summed E-state index contributed by atoms with van der Waals surface area (Å²) >= 11 is 0. The first-order chi connectivity index (χ1) is 8.31. The molecule has 0 saturated carbocycles. The fraction of sp³-hybridized carbons (Fsp3) is 0.571. The standard InChI is InChI=1S/C14H21NO2/c1-12-14(11-16-2)15(8-9-17-12)10-13-6-4-3-5-7-13/h3-7,12,14H,8-11H2,1-2H3/t12-,14?/m1/s1. The molecule has 1 fully saturated rings. The fourth-order valence-corrected chi connectivity index (χ4v) is 2.36. The number of nitrogens with zero attached hydrogens (tertiary/aromatic N) is 1. The van der Waals surface area contributed by atoms with Crippen LogP contribution in [-0.2, 0) is 16.0 Å². The van der Waals surface area contributed by atoms with E-state index in [9.17, 15) is 0 Å². The summed E-state index contributed by atoms with van der Waals surface area (Å²) in [7, 11) is 1.75. The van der Waals surface area contributed by atoms with E-state index in [0.717, 1.165) is 26.3 Å². The van der Waals surface area contributed by atoms with Crippen LogP contribution in [0.15, 0.2) is 30.3 Å². The number of morpholine rings is 1. The van der Waals surface area contributed by atoms with Crippen LogP contribution in [0.5, 0.6) is 0 Å². The number of rotatable bonds is 4. The van der Waals surface area contributed by atoms with Crippen LogP contribution < -0.4 is 0 Å². The zero-order valence-electron chi connectivity index (χ0n) is 10.6. The van der Waals surface area contributed by atoms with Crippen LogP contribution in [0.4, 0.5) is 0 Å². The Balaban J connectivity index is 2.02. The number of ether oxygens (including phenoxy) is 2. The molecule has 2 atom stereocenters. The molecule has 17 heavy (non-hydrogen) atoms. The van der Waals surface area contributed by atoms with Crippen LogP contribution in [0, 0.1) is 0 Å². The molecule has 0 aliphatic carbocycles. The molecule has 3 heteroatoms. The van der Waals surface area contributed by atoms with Crippen LogP contribution >= 0.6 is 0 Å². The van der Waals surface area contributed by atoms with Gasteiger partial charge in [0.1, 0.15) is 0 Å². The monoisotopic (exact) mass is 235 g/mol. The van der Waals surface area contributed by atoms with Gasteiger partial charge in [-0.05, 0) is 12.5 Å². The van der Waals surface area contributed by atoms with E-state index >= 15 is 0 Å². The predicted molar refractivity (Wildman–Crippen MR) is 67.9 cm³/mol. The van der Waals surface area contributed by atoms with Gasteiger partial charge in [0.2, 0.25) is 0 Å². The Kier molecular flexibility index (Phi) is 4.54. The molecule has 0 spiro atoms. The third-order valence-electron chi connectivity index (χ3n) is 3.34. The van der Waals surface area contributed by atoms with E-state index in [1.165, 1.54) is 5.56 Å². The Labute approximate surface area is 103 Å². The molecule has 0 radical (unpaired) electrons. The maximum absolute atomic E-state index is 5.69. The number of hydrogen-bond acceptors (Lipinski definition) is 3. The van der Waals surface area contributed by atoms with Gasteiger partial charge in [0, 0.05) is 20.2 Å². The Morgan fingerprint density at radius 1 is 1.35 bits per heavy atom. The third-order valence-corrected chi connectivity index (χ3v) is 3.34. The molecular weight excluding hydrogens is 214 g/mol. The average molecular weight is 235 g/mol. The van der Waals surface area contributed by atoms with Crippen LogP contribution in [0.2, 0.25) is 0 Å². The molecule has 0 bridgehead atoms. The third kappa shape index (κ3) is 3.28. The minimum absolute atomic E-state index is 0.243. The second-order valence-corrected chi connectivity index (χ2v) is 4.55. The van der Waals surface area contributed by atoms with Gasteiger partial charge in [0.15, 0.2) is 0 Å². The van der Waals surface area contributed by atoms with Crippen molar-refractivity contribution in [3.8, 4) is 0 Å². The van der Waals surface area contributed by atoms with Crippen molar-refractivity contribution in [3.63, 3.8) is 0 Å². The van der Waals surface area contributed by atoms with E-state index in [-0.39, 0.29) is 6.10 Å². The Hall–Kier alpha value is -0.900. The van der Waals surface area contributed by atoms with Gasteiger partial charge in [0.05, 0.1) is 25.4 Å². The van der Waals surface area contributed by atoms with E-state index in [2.05, 4.69) is 42.2 Å². The van der Waals surface area contributed by atoms with Gasteiger partial charge in [0.25, 0.3) is 0 Å². The van der Waals surface area contributed by atoms with Crippen molar-refractivity contribution in [1.82, 2.24) is 4.90 Å². The van der Waals surface area contributed by atoms with Crippen LogP contribution in [0.1, 0.15) is 12.5 Å². The summed E-state index contributed by atoms with van der Waals surface area (Å²) < 4.78 is 11.0. The van der Waals surface area contributed by atoms with Crippen molar-refractivity contribution in [1.29, 1.82) is 0 Å². The Morgan fingerprint density at radius 2 is 2.12 bits per heavy atom. The van der Waals surface area contributed by atoms with Gasteiger partial charge < -0.3 is 9.47 Å². The minimum Gasteiger partial charge on any atom is -0.383 e. The van der Waals surface area contributed by atoms with Gasteiger partial charge in [-0.3, -0.25) is 4.90 Å². The summed E-state index contributed by atoms with van der Waals surface area (Å²) in [6, 6.07) is 10.9. The predicted octanol–water partition coefficient (Wildman–Crippen LogP) is 1.92. The lowest BCUT2D eigenvalue weighted by molar-refractivity contribution is -0.0856. The van der Waals surface area contributed by atoms with E-state index in [1.807, 2.05) is 0 Å². The second kappa shape index (κ2) is 6.15. The summed E-state index contributed by atoms with van der Waals surface area (Å²) in [4.78, 5) is 2.45. The van der Waals surface area contributed by atoms with E-state index in [0.29, 0.717) is 6.04 Å². The van der Waals surface area contributed by atoms with Crippen molar-refractivity contribution in [2.45, 2.75) is 25.6 Å². The molecule has 0 N–H and O–H groups in total. The molecule has 1 aromatic carbocycles. The summed E-state index contributed by atoms with van der Waals surface area (Å²) in [6.45, 7) is 5.62. The van der Waals surface area contributed by atoms with E-state index in [1.54, 1.807) is 7.11 Å². The van der Waals surface area contributed by atoms with Crippen molar-refractivity contribution in [2.24, 2.45) is 0 Å². The smallest absolute Gasteiger partial charge is 0.0725 e. The molecule has 0 amide bonds. The Bertz CT molecular complexity index is 328. The molecule has 1 saturated heterocycles. The number of methoxy groups -OCH3 is 1. The van der Waals surface area contributed by atoms with Crippen molar-refractivity contribution in [2.75, 3.05) is 26.9 Å². The van der Waals surface area contributed by atoms with Gasteiger partial charge in [-0.25, -0.2) is 0 Å². The maximum Gasteiger partial charge on any atom is 0.0725 e. The zero-order valence-corrected chi connectivity index (χ0v) is 10.6. The van der Waals surface area contributed by atoms with Gasteiger partial charge >= 0.3 is 0 Å². The van der Waals surface area contributed by atoms with Crippen molar-refractivity contribution >= 4 is 0 Å². The van der Waals surface area contributed by atoms with Crippen LogP contribution in [0.3, 0.4) is 0 Å². The molecule has 1 heterocycles. The molecule has 1 aliphatic rings. The quantitative estimate of drug-likeness (QED) is 0.796. The first-order valence-corrected chi connectivity index (χ1v) is 6.20. The zero-order chi connectivity index (χ0) is 12.1. The van der Waals surface area contributed by atoms with E-state index in [4.69, 9.17) is 9.47 Å². The van der Waals surface area contributed by atoms with Gasteiger partial charge in [-0.1, -0.05) is 30.3 Å². The molecule has 1 aliphatic heterocycles. The van der Waals surface area contributed by atoms with E-state index < -0.39 is 0 Å². The SMILES string of the molecule is COCC1[C@@H](C)OCCN1Cc1ccccc1. The van der Waals surface area contributed by atoms with Crippen molar-refractivity contribution in [3.05, 3.63) is 35.9 Å². The normalized spacial score (nSPS) is 26.0. The van der Waals surface area contributed by atoms with Crippen molar-refractivity contribution < 1.29 is 9.47 Å². The highest BCUT2D eigenvalue weighted by Gasteiger charge is 2.28. The molecule has 1 unspecified atom stereocenters. The second-order valence-electron chi connectivity index (χ2n) is 4.55. The molecule has 94 valence electrons. The highest BCUT2D eigenvalue weighted by molar-refractivity contribution is 5.14. The molecule has 2 rings (SSSR count). The fourth-order valence-electron chi connectivity index (χ4n) is 2.36. The lowest BCUT2D eigenvalue weighted by atomic mass is 10.1.